The van der Waals surface area contributed by atoms with Crippen molar-refractivity contribution in [1.82, 2.24) is 4.90 Å². The number of fused-ring (bicyclic) bond motifs is 3. The van der Waals surface area contributed by atoms with Crippen LogP contribution in [0.4, 0.5) is 4.79 Å². The summed E-state index contributed by atoms with van der Waals surface area (Å²) >= 11 is 0. The second kappa shape index (κ2) is 7.04. The molecule has 6 heteroatoms. The third-order valence-electron chi connectivity index (χ3n) is 5.48. The van der Waals surface area contributed by atoms with Gasteiger partial charge in [-0.15, -0.1) is 0 Å². The van der Waals surface area contributed by atoms with Crippen molar-refractivity contribution in [1.29, 1.82) is 0 Å². The molecular weight excluding hydrogens is 346 g/mol. The number of aliphatic carboxylic acids is 1. The van der Waals surface area contributed by atoms with E-state index >= 15 is 0 Å². The van der Waals surface area contributed by atoms with Gasteiger partial charge in [0.15, 0.2) is 0 Å². The summed E-state index contributed by atoms with van der Waals surface area (Å²) in [6, 6.07) is 16.3. The number of hydrogen-bond acceptors (Lipinski definition) is 4. The van der Waals surface area contributed by atoms with Gasteiger partial charge in [0, 0.05) is 19.6 Å². The van der Waals surface area contributed by atoms with Gasteiger partial charge in [-0.2, -0.15) is 0 Å². The molecule has 0 spiro atoms. The zero-order valence-electron chi connectivity index (χ0n) is 15.0. The van der Waals surface area contributed by atoms with Gasteiger partial charge < -0.3 is 19.5 Å². The molecule has 0 radical (unpaired) electrons. The summed E-state index contributed by atoms with van der Waals surface area (Å²) in [4.78, 5) is 25.2. The standard InChI is InChI=1S/C21H21NO5/c1-26-19-11-22(10-17(19)20(23)24)21(25)27-12-18-15-8-4-2-6-13(15)14-7-3-5-9-16(14)18/h2-9,17-19H,10-12H2,1H3,(H,23,24)/t17-,19-/m1/s1. The van der Waals surface area contributed by atoms with Crippen LogP contribution < -0.4 is 0 Å². The Balaban J connectivity index is 1.48. The van der Waals surface area contributed by atoms with Gasteiger partial charge in [0.2, 0.25) is 0 Å². The third-order valence-corrected chi connectivity index (χ3v) is 5.48. The van der Waals surface area contributed by atoms with E-state index in [0.29, 0.717) is 0 Å². The summed E-state index contributed by atoms with van der Waals surface area (Å²) in [5, 5.41) is 9.28. The van der Waals surface area contributed by atoms with E-state index in [1.165, 1.54) is 23.1 Å². The van der Waals surface area contributed by atoms with Gasteiger partial charge in [-0.3, -0.25) is 4.79 Å². The molecule has 4 rings (SSSR count). The number of rotatable bonds is 4. The summed E-state index contributed by atoms with van der Waals surface area (Å²) in [5.74, 6) is -1.70. The minimum atomic E-state index is -0.962. The summed E-state index contributed by atoms with van der Waals surface area (Å²) in [6.07, 6.45) is -1.01. The van der Waals surface area contributed by atoms with E-state index in [1.54, 1.807) is 0 Å². The van der Waals surface area contributed by atoms with Crippen molar-refractivity contribution in [3.05, 3.63) is 59.7 Å². The zero-order chi connectivity index (χ0) is 19.0. The Kier molecular flexibility index (Phi) is 4.58. The molecule has 2 aliphatic rings. The Morgan fingerprint density at radius 1 is 1.04 bits per heavy atom. The Hall–Kier alpha value is -2.86. The molecule has 0 aromatic heterocycles. The average Bonchev–Trinajstić information content (AvgIpc) is 3.26. The minimum absolute atomic E-state index is 0.0163. The maximum Gasteiger partial charge on any atom is 0.409 e. The minimum Gasteiger partial charge on any atom is -0.481 e. The molecule has 2 aromatic rings. The topological polar surface area (TPSA) is 76.1 Å². The number of nitrogens with zero attached hydrogens (tertiary/aromatic N) is 1. The summed E-state index contributed by atoms with van der Waals surface area (Å²) in [7, 11) is 1.46. The van der Waals surface area contributed by atoms with E-state index < -0.39 is 24.1 Å². The predicted molar refractivity (Wildman–Crippen MR) is 98.6 cm³/mol. The lowest BCUT2D eigenvalue weighted by Crippen LogP contribution is -2.31. The van der Waals surface area contributed by atoms with Gasteiger partial charge >= 0.3 is 12.1 Å². The molecule has 1 heterocycles. The third kappa shape index (κ3) is 3.06. The molecular formula is C21H21NO5. The molecule has 0 saturated carbocycles. The van der Waals surface area contributed by atoms with Crippen LogP contribution in [0.2, 0.25) is 0 Å². The molecule has 1 aliphatic carbocycles. The number of carboxylic acid groups (broad SMARTS) is 1. The second-order valence-corrected chi connectivity index (χ2v) is 6.93. The second-order valence-electron chi connectivity index (χ2n) is 6.93. The summed E-state index contributed by atoms with van der Waals surface area (Å²) in [6.45, 7) is 0.549. The van der Waals surface area contributed by atoms with Gasteiger partial charge in [0.25, 0.3) is 0 Å². The van der Waals surface area contributed by atoms with Crippen molar-refractivity contribution in [2.24, 2.45) is 5.92 Å². The largest absolute Gasteiger partial charge is 0.481 e. The molecule has 1 fully saturated rings. The first kappa shape index (κ1) is 17.5. The van der Waals surface area contributed by atoms with E-state index in [0.717, 1.165) is 11.1 Å². The summed E-state index contributed by atoms with van der Waals surface area (Å²) < 4.78 is 10.8. The summed E-state index contributed by atoms with van der Waals surface area (Å²) in [5.41, 5.74) is 4.62. The smallest absolute Gasteiger partial charge is 0.409 e. The fraction of sp³-hybridized carbons (Fsp3) is 0.333. The van der Waals surface area contributed by atoms with E-state index in [1.807, 2.05) is 24.3 Å². The van der Waals surface area contributed by atoms with Gasteiger partial charge in [0.1, 0.15) is 12.5 Å². The normalized spacial score (nSPS) is 21.0. The monoisotopic (exact) mass is 367 g/mol. The molecule has 27 heavy (non-hydrogen) atoms. The first-order valence-corrected chi connectivity index (χ1v) is 8.95. The number of methoxy groups -OCH3 is 1. The van der Waals surface area contributed by atoms with Gasteiger partial charge in [0.05, 0.1) is 12.6 Å². The lowest BCUT2D eigenvalue weighted by Gasteiger charge is -2.19. The number of carboxylic acids is 1. The maximum absolute atomic E-state index is 12.5. The van der Waals surface area contributed by atoms with E-state index in [-0.39, 0.29) is 25.6 Å². The lowest BCUT2D eigenvalue weighted by atomic mass is 9.98. The van der Waals surface area contributed by atoms with Crippen LogP contribution in [0, 0.1) is 5.92 Å². The maximum atomic E-state index is 12.5. The fourth-order valence-corrected chi connectivity index (χ4v) is 4.08. The number of amides is 1. The van der Waals surface area contributed by atoms with Crippen LogP contribution >= 0.6 is 0 Å². The highest BCUT2D eigenvalue weighted by Gasteiger charge is 2.41. The first-order valence-electron chi connectivity index (χ1n) is 8.95. The highest BCUT2D eigenvalue weighted by Crippen LogP contribution is 2.44. The quantitative estimate of drug-likeness (QED) is 0.899. The van der Waals surface area contributed by atoms with Crippen molar-refractivity contribution >= 4 is 12.1 Å². The van der Waals surface area contributed by atoms with Crippen LogP contribution in [0.3, 0.4) is 0 Å². The van der Waals surface area contributed by atoms with Crippen molar-refractivity contribution in [2.75, 3.05) is 26.8 Å². The van der Waals surface area contributed by atoms with E-state index in [9.17, 15) is 14.7 Å². The van der Waals surface area contributed by atoms with Gasteiger partial charge in [-0.05, 0) is 22.3 Å². The molecule has 0 unspecified atom stereocenters. The highest BCUT2D eigenvalue weighted by molar-refractivity contribution is 5.79. The molecule has 1 N–H and O–H groups in total. The van der Waals surface area contributed by atoms with Crippen LogP contribution in [0.15, 0.2) is 48.5 Å². The Bertz CT molecular complexity index is 835. The number of carbonyl (C=O) groups is 2. The molecule has 0 bridgehead atoms. The fourth-order valence-electron chi connectivity index (χ4n) is 4.08. The first-order chi connectivity index (χ1) is 13.1. The molecule has 1 aliphatic heterocycles. The van der Waals surface area contributed by atoms with Gasteiger partial charge in [-0.1, -0.05) is 48.5 Å². The molecule has 1 saturated heterocycles. The number of likely N-dealkylation sites (tertiary alicyclic amines) is 1. The number of carbonyl (C=O) groups excluding carboxylic acids is 1. The molecule has 2 aromatic carbocycles. The van der Waals surface area contributed by atoms with Crippen molar-refractivity contribution in [3.63, 3.8) is 0 Å². The Morgan fingerprint density at radius 2 is 1.63 bits per heavy atom. The number of ether oxygens (including phenoxy) is 2. The van der Waals surface area contributed by atoms with Gasteiger partial charge in [-0.25, -0.2) is 4.79 Å². The van der Waals surface area contributed by atoms with Crippen molar-refractivity contribution < 1.29 is 24.2 Å². The van der Waals surface area contributed by atoms with Crippen LogP contribution in [0.1, 0.15) is 17.0 Å². The van der Waals surface area contributed by atoms with Crippen LogP contribution in [0.5, 0.6) is 0 Å². The lowest BCUT2D eigenvalue weighted by molar-refractivity contribution is -0.144. The van der Waals surface area contributed by atoms with Crippen LogP contribution in [0.25, 0.3) is 11.1 Å². The SMILES string of the molecule is CO[C@@H]1CN(C(=O)OCC2c3ccccc3-c3ccccc32)C[C@H]1C(=O)O. The van der Waals surface area contributed by atoms with E-state index in [4.69, 9.17) is 9.47 Å². The van der Waals surface area contributed by atoms with Crippen molar-refractivity contribution in [2.45, 2.75) is 12.0 Å². The average molecular weight is 367 g/mol. The Labute approximate surface area is 157 Å². The van der Waals surface area contributed by atoms with E-state index in [2.05, 4.69) is 24.3 Å². The zero-order valence-corrected chi connectivity index (χ0v) is 15.0. The Morgan fingerprint density at radius 3 is 2.15 bits per heavy atom. The van der Waals surface area contributed by atoms with Crippen LogP contribution in [-0.2, 0) is 14.3 Å². The number of hydrogen-bond donors (Lipinski definition) is 1. The molecule has 6 nitrogen and oxygen atoms in total. The molecule has 140 valence electrons. The highest BCUT2D eigenvalue weighted by atomic mass is 16.6. The number of benzene rings is 2. The van der Waals surface area contributed by atoms with Crippen LogP contribution in [-0.4, -0.2) is 55.0 Å². The van der Waals surface area contributed by atoms with Crippen molar-refractivity contribution in [3.8, 4) is 11.1 Å². The predicted octanol–water partition coefficient (Wildman–Crippen LogP) is 2.97. The molecule has 1 amide bonds. The molecule has 2 atom stereocenters.